The molecule has 1 unspecified atom stereocenters. The molecule has 0 bridgehead atoms. The molecule has 136 valence electrons. The second-order valence-electron chi connectivity index (χ2n) is 6.99. The minimum absolute atomic E-state index is 0.0514. The normalized spacial score (nSPS) is 20.1. The molecule has 1 aromatic rings. The third-order valence-electron chi connectivity index (χ3n) is 5.17. The second-order valence-corrected chi connectivity index (χ2v) is 6.99. The molecule has 0 spiro atoms. The molecule has 2 aliphatic rings. The highest BCUT2D eigenvalue weighted by Gasteiger charge is 2.24. The first-order chi connectivity index (χ1) is 12.0. The van der Waals surface area contributed by atoms with E-state index in [2.05, 4.69) is 6.07 Å². The van der Waals surface area contributed by atoms with Gasteiger partial charge in [0.25, 0.3) is 0 Å². The lowest BCUT2D eigenvalue weighted by Crippen LogP contribution is -2.37. The SMILES string of the molecule is CN(CC(=O)O)C1CCCN(C(=O)Cc2ccc3c(c2)CCO3)CC1. The fourth-order valence-electron chi connectivity index (χ4n) is 3.75. The molecule has 1 N–H and O–H groups in total. The molecule has 2 aliphatic heterocycles. The van der Waals surface area contributed by atoms with Gasteiger partial charge in [-0.1, -0.05) is 12.1 Å². The lowest BCUT2D eigenvalue weighted by Gasteiger charge is -2.25. The summed E-state index contributed by atoms with van der Waals surface area (Å²) in [5.41, 5.74) is 2.23. The third-order valence-corrected chi connectivity index (χ3v) is 5.17. The Morgan fingerprint density at radius 1 is 1.32 bits per heavy atom. The molecule has 1 amide bonds. The first-order valence-electron chi connectivity index (χ1n) is 8.97. The average molecular weight is 346 g/mol. The highest BCUT2D eigenvalue weighted by Crippen LogP contribution is 2.26. The zero-order chi connectivity index (χ0) is 17.8. The minimum Gasteiger partial charge on any atom is -0.493 e. The molecular weight excluding hydrogens is 320 g/mol. The minimum atomic E-state index is -0.805. The van der Waals surface area contributed by atoms with Crippen LogP contribution in [0.2, 0.25) is 0 Å². The van der Waals surface area contributed by atoms with E-state index < -0.39 is 5.97 Å². The van der Waals surface area contributed by atoms with Crippen LogP contribution in [0.1, 0.15) is 30.4 Å². The Bertz CT molecular complexity index is 646. The van der Waals surface area contributed by atoms with Gasteiger partial charge in [0, 0.05) is 25.6 Å². The number of benzene rings is 1. The van der Waals surface area contributed by atoms with Crippen molar-refractivity contribution < 1.29 is 19.4 Å². The fraction of sp³-hybridized carbons (Fsp3) is 0.579. The van der Waals surface area contributed by atoms with Crippen LogP contribution in [0.15, 0.2) is 18.2 Å². The molecule has 0 aromatic heterocycles. The number of amides is 1. The number of ether oxygens (including phenoxy) is 1. The monoisotopic (exact) mass is 346 g/mol. The van der Waals surface area contributed by atoms with E-state index in [0.29, 0.717) is 13.0 Å². The van der Waals surface area contributed by atoms with Gasteiger partial charge in [0.2, 0.25) is 5.91 Å². The van der Waals surface area contributed by atoms with Crippen LogP contribution in [0.5, 0.6) is 5.75 Å². The second kappa shape index (κ2) is 7.87. The summed E-state index contributed by atoms with van der Waals surface area (Å²) in [7, 11) is 1.85. The standard InChI is InChI=1S/C19H26N2O4/c1-20(13-19(23)24)16-3-2-8-21(9-6-16)18(22)12-14-4-5-17-15(11-14)7-10-25-17/h4-5,11,16H,2-3,6-10,12-13H2,1H3,(H,23,24). The molecule has 25 heavy (non-hydrogen) atoms. The van der Waals surface area contributed by atoms with Gasteiger partial charge in [0.15, 0.2) is 0 Å². The Hall–Kier alpha value is -2.08. The van der Waals surface area contributed by atoms with Crippen molar-refractivity contribution >= 4 is 11.9 Å². The molecule has 0 radical (unpaired) electrons. The molecular formula is C19H26N2O4. The summed E-state index contributed by atoms with van der Waals surface area (Å²) in [6.45, 7) is 2.23. The number of carboxylic acids is 1. The zero-order valence-corrected chi connectivity index (χ0v) is 14.7. The topological polar surface area (TPSA) is 70.1 Å². The van der Waals surface area contributed by atoms with E-state index in [1.807, 2.05) is 29.0 Å². The first-order valence-corrected chi connectivity index (χ1v) is 8.97. The van der Waals surface area contributed by atoms with Crippen LogP contribution in [0.4, 0.5) is 0 Å². The number of carbonyl (C=O) groups excluding carboxylic acids is 1. The summed E-state index contributed by atoms with van der Waals surface area (Å²) < 4.78 is 5.51. The predicted molar refractivity (Wildman–Crippen MR) is 93.8 cm³/mol. The number of carbonyl (C=O) groups is 2. The third kappa shape index (κ3) is 4.51. The quantitative estimate of drug-likeness (QED) is 0.876. The van der Waals surface area contributed by atoms with Gasteiger partial charge in [0.05, 0.1) is 19.6 Å². The largest absolute Gasteiger partial charge is 0.493 e. The van der Waals surface area contributed by atoms with E-state index in [9.17, 15) is 9.59 Å². The molecule has 6 heteroatoms. The van der Waals surface area contributed by atoms with E-state index in [-0.39, 0.29) is 18.5 Å². The molecule has 1 atom stereocenters. The van der Waals surface area contributed by atoms with Gasteiger partial charge in [0.1, 0.15) is 5.75 Å². The van der Waals surface area contributed by atoms with Crippen LogP contribution in [0.3, 0.4) is 0 Å². The number of rotatable bonds is 5. The number of hydrogen-bond donors (Lipinski definition) is 1. The van der Waals surface area contributed by atoms with Crippen molar-refractivity contribution in [2.45, 2.75) is 38.1 Å². The number of aliphatic carboxylic acids is 1. The van der Waals surface area contributed by atoms with Crippen molar-refractivity contribution in [2.75, 3.05) is 33.3 Å². The van der Waals surface area contributed by atoms with Gasteiger partial charge in [-0.15, -0.1) is 0 Å². The number of likely N-dealkylation sites (N-methyl/N-ethyl adjacent to an activating group) is 1. The molecule has 3 rings (SSSR count). The highest BCUT2D eigenvalue weighted by atomic mass is 16.5. The van der Waals surface area contributed by atoms with Crippen molar-refractivity contribution in [2.24, 2.45) is 0 Å². The van der Waals surface area contributed by atoms with Gasteiger partial charge >= 0.3 is 5.97 Å². The van der Waals surface area contributed by atoms with E-state index in [1.165, 1.54) is 5.56 Å². The highest BCUT2D eigenvalue weighted by molar-refractivity contribution is 5.79. The maximum absolute atomic E-state index is 12.7. The average Bonchev–Trinajstić information content (AvgIpc) is 2.88. The van der Waals surface area contributed by atoms with Crippen LogP contribution >= 0.6 is 0 Å². The predicted octanol–water partition coefficient (Wildman–Crippen LogP) is 1.56. The molecule has 0 aliphatic carbocycles. The summed E-state index contributed by atoms with van der Waals surface area (Å²) >= 11 is 0. The molecule has 1 saturated heterocycles. The summed E-state index contributed by atoms with van der Waals surface area (Å²) in [5, 5.41) is 8.94. The Kier molecular flexibility index (Phi) is 5.58. The van der Waals surface area contributed by atoms with Gasteiger partial charge < -0.3 is 14.7 Å². The van der Waals surface area contributed by atoms with Gasteiger partial charge in [-0.3, -0.25) is 14.5 Å². The molecule has 1 aromatic carbocycles. The van der Waals surface area contributed by atoms with Crippen LogP contribution in [-0.4, -0.2) is 66.1 Å². The molecule has 1 fully saturated rings. The van der Waals surface area contributed by atoms with E-state index >= 15 is 0 Å². The fourth-order valence-corrected chi connectivity index (χ4v) is 3.75. The van der Waals surface area contributed by atoms with Crippen LogP contribution < -0.4 is 4.74 Å². The van der Waals surface area contributed by atoms with Gasteiger partial charge in [-0.2, -0.15) is 0 Å². The van der Waals surface area contributed by atoms with E-state index in [1.54, 1.807) is 0 Å². The molecule has 6 nitrogen and oxygen atoms in total. The van der Waals surface area contributed by atoms with Crippen LogP contribution in [-0.2, 0) is 22.4 Å². The molecule has 0 saturated carbocycles. The number of likely N-dealkylation sites (tertiary alicyclic amines) is 1. The maximum atomic E-state index is 12.7. The van der Waals surface area contributed by atoms with Gasteiger partial charge in [-0.05, 0) is 43.5 Å². The van der Waals surface area contributed by atoms with E-state index in [4.69, 9.17) is 9.84 Å². The number of hydrogen-bond acceptors (Lipinski definition) is 4. The number of fused-ring (bicyclic) bond motifs is 1. The van der Waals surface area contributed by atoms with Gasteiger partial charge in [-0.25, -0.2) is 0 Å². The Balaban J connectivity index is 1.55. The van der Waals surface area contributed by atoms with Crippen molar-refractivity contribution in [3.63, 3.8) is 0 Å². The van der Waals surface area contributed by atoms with Crippen molar-refractivity contribution in [1.82, 2.24) is 9.80 Å². The van der Waals surface area contributed by atoms with Crippen LogP contribution in [0.25, 0.3) is 0 Å². The van der Waals surface area contributed by atoms with Crippen molar-refractivity contribution in [3.05, 3.63) is 29.3 Å². The Labute approximate surface area is 148 Å². The Morgan fingerprint density at radius 2 is 2.16 bits per heavy atom. The zero-order valence-electron chi connectivity index (χ0n) is 14.7. The lowest BCUT2D eigenvalue weighted by atomic mass is 10.1. The molecule has 2 heterocycles. The summed E-state index contributed by atoms with van der Waals surface area (Å²) in [5.74, 6) is 0.288. The lowest BCUT2D eigenvalue weighted by molar-refractivity contribution is -0.138. The van der Waals surface area contributed by atoms with Crippen molar-refractivity contribution in [3.8, 4) is 5.75 Å². The number of nitrogens with zero attached hydrogens (tertiary/aromatic N) is 2. The maximum Gasteiger partial charge on any atom is 0.317 e. The first kappa shape index (κ1) is 17.7. The summed E-state index contributed by atoms with van der Waals surface area (Å²) in [6.07, 6.45) is 4.01. The Morgan fingerprint density at radius 3 is 2.96 bits per heavy atom. The van der Waals surface area contributed by atoms with Crippen LogP contribution in [0, 0.1) is 0 Å². The van der Waals surface area contributed by atoms with Crippen molar-refractivity contribution in [1.29, 1.82) is 0 Å². The number of carboxylic acid groups (broad SMARTS) is 1. The smallest absolute Gasteiger partial charge is 0.317 e. The summed E-state index contributed by atoms with van der Waals surface area (Å²) in [6, 6.07) is 6.25. The van der Waals surface area contributed by atoms with E-state index in [0.717, 1.165) is 50.1 Å². The summed E-state index contributed by atoms with van der Waals surface area (Å²) in [4.78, 5) is 27.4.